The molecule has 186 valence electrons. The Labute approximate surface area is 203 Å². The van der Waals surface area contributed by atoms with E-state index >= 15 is 0 Å². The summed E-state index contributed by atoms with van der Waals surface area (Å²) in [7, 11) is -0.262. The van der Waals surface area contributed by atoms with E-state index in [0.29, 0.717) is 17.8 Å². The van der Waals surface area contributed by atoms with Gasteiger partial charge in [-0.1, -0.05) is 0 Å². The fraction of sp³-hybridized carbons (Fsp3) is 0.391. The van der Waals surface area contributed by atoms with Crippen molar-refractivity contribution < 1.29 is 17.2 Å². The van der Waals surface area contributed by atoms with Crippen LogP contribution in [-0.2, 0) is 9.84 Å². The van der Waals surface area contributed by atoms with Gasteiger partial charge in [0.15, 0.2) is 16.7 Å². The van der Waals surface area contributed by atoms with Crippen molar-refractivity contribution in [1.82, 2.24) is 19.9 Å². The molecule has 0 bridgehead atoms. The number of nitrogens with zero attached hydrogens (tertiary/aromatic N) is 5. The lowest BCUT2D eigenvalue weighted by atomic mass is 9.91. The van der Waals surface area contributed by atoms with Gasteiger partial charge in [0.25, 0.3) is 0 Å². The van der Waals surface area contributed by atoms with Crippen LogP contribution in [0.5, 0.6) is 0 Å². The van der Waals surface area contributed by atoms with Crippen LogP contribution in [0.3, 0.4) is 0 Å². The predicted octanol–water partition coefficient (Wildman–Crippen LogP) is 3.59. The minimum Gasteiger partial charge on any atom is -0.366 e. The zero-order valence-electron chi connectivity index (χ0n) is 19.7. The molecule has 9 nitrogen and oxygen atoms in total. The molecule has 2 aromatic heterocycles. The highest BCUT2D eigenvalue weighted by atomic mass is 32.2. The summed E-state index contributed by atoms with van der Waals surface area (Å²) in [6, 6.07) is 2.72. The Morgan fingerprint density at radius 2 is 1.63 bits per heavy atom. The summed E-state index contributed by atoms with van der Waals surface area (Å²) >= 11 is 0. The van der Waals surface area contributed by atoms with E-state index in [1.807, 2.05) is 25.9 Å². The first-order valence-corrected chi connectivity index (χ1v) is 12.7. The van der Waals surface area contributed by atoms with Crippen molar-refractivity contribution in [3.8, 4) is 0 Å². The molecule has 0 radical (unpaired) electrons. The van der Waals surface area contributed by atoms with Gasteiger partial charge in [-0.3, -0.25) is 4.98 Å². The molecule has 1 saturated carbocycles. The third kappa shape index (κ3) is 5.64. The molecule has 1 fully saturated rings. The first-order valence-electron chi connectivity index (χ1n) is 11.2. The van der Waals surface area contributed by atoms with Gasteiger partial charge in [0.2, 0.25) is 15.8 Å². The molecule has 0 atom stereocenters. The Hall–Kier alpha value is -3.41. The zero-order chi connectivity index (χ0) is 25.2. The molecule has 4 rings (SSSR count). The Morgan fingerprint density at radius 3 is 2.29 bits per heavy atom. The average Bonchev–Trinajstić information content (AvgIpc) is 2.83. The Balaban J connectivity index is 1.38. The van der Waals surface area contributed by atoms with E-state index in [2.05, 4.69) is 30.6 Å². The Morgan fingerprint density at radius 1 is 0.943 bits per heavy atom. The van der Waals surface area contributed by atoms with Crippen LogP contribution >= 0.6 is 0 Å². The molecule has 0 aliphatic heterocycles. The van der Waals surface area contributed by atoms with Gasteiger partial charge in [-0.2, -0.15) is 4.98 Å². The maximum atomic E-state index is 13.6. The van der Waals surface area contributed by atoms with Gasteiger partial charge >= 0.3 is 0 Å². The second-order valence-electron chi connectivity index (χ2n) is 8.75. The van der Waals surface area contributed by atoms with Crippen LogP contribution in [0.25, 0.3) is 0 Å². The SMILES string of the molecule is Cc1cnc(N[C@H]2CC[C@@H](Nc3cncc(S(=O)(=O)c4ccc(F)c(F)c4)n3)CC2)nc1N(C)C. The molecule has 1 aromatic carbocycles. The molecule has 0 unspecified atom stereocenters. The van der Waals surface area contributed by atoms with Crippen molar-refractivity contribution in [3.05, 3.63) is 54.0 Å². The lowest BCUT2D eigenvalue weighted by Crippen LogP contribution is -2.33. The van der Waals surface area contributed by atoms with Gasteiger partial charge < -0.3 is 15.5 Å². The van der Waals surface area contributed by atoms with Crippen molar-refractivity contribution >= 4 is 27.4 Å². The summed E-state index contributed by atoms with van der Waals surface area (Å²) in [6.07, 6.45) is 7.72. The number of halogens is 2. The third-order valence-corrected chi connectivity index (χ3v) is 7.49. The van der Waals surface area contributed by atoms with Crippen molar-refractivity contribution in [2.24, 2.45) is 0 Å². The molecule has 3 aromatic rings. The number of anilines is 3. The van der Waals surface area contributed by atoms with E-state index in [1.165, 1.54) is 6.20 Å². The molecule has 35 heavy (non-hydrogen) atoms. The van der Waals surface area contributed by atoms with Gasteiger partial charge in [0.1, 0.15) is 11.6 Å². The second kappa shape index (κ2) is 10.1. The van der Waals surface area contributed by atoms with Crippen LogP contribution < -0.4 is 15.5 Å². The standard InChI is InChI=1S/C23H27F2N7O2S/c1-14-11-27-23(31-22(14)32(2)3)29-16-6-4-15(5-7-16)28-20-12-26-13-21(30-20)35(33,34)17-8-9-18(24)19(25)10-17/h8-13,15-16H,4-7H2,1-3H3,(H,28,30)(H,27,29,31)/t15-,16+. The Bertz CT molecular complexity index is 1310. The van der Waals surface area contributed by atoms with Crippen LogP contribution in [0.15, 0.2) is 46.7 Å². The smallest absolute Gasteiger partial charge is 0.225 e. The molecule has 1 aliphatic carbocycles. The topological polar surface area (TPSA) is 113 Å². The number of rotatable bonds is 7. The van der Waals surface area contributed by atoms with E-state index in [4.69, 9.17) is 0 Å². The summed E-state index contributed by atoms with van der Waals surface area (Å²) in [5.41, 5.74) is 1.00. The number of benzene rings is 1. The number of hydrogen-bond donors (Lipinski definition) is 2. The first-order chi connectivity index (χ1) is 16.6. The van der Waals surface area contributed by atoms with E-state index in [1.54, 1.807) is 6.20 Å². The van der Waals surface area contributed by atoms with Crippen LogP contribution in [0.1, 0.15) is 31.2 Å². The van der Waals surface area contributed by atoms with Crippen molar-refractivity contribution in [1.29, 1.82) is 0 Å². The Kier molecular flexibility index (Phi) is 7.10. The van der Waals surface area contributed by atoms with Gasteiger partial charge in [-0.15, -0.1) is 0 Å². The van der Waals surface area contributed by atoms with E-state index in [9.17, 15) is 17.2 Å². The highest BCUT2D eigenvalue weighted by Gasteiger charge is 2.25. The van der Waals surface area contributed by atoms with Crippen LogP contribution in [0, 0.1) is 18.6 Å². The maximum absolute atomic E-state index is 13.6. The van der Waals surface area contributed by atoms with Crippen LogP contribution in [-0.4, -0.2) is 54.5 Å². The lowest BCUT2D eigenvalue weighted by molar-refractivity contribution is 0.426. The predicted molar refractivity (Wildman–Crippen MR) is 128 cm³/mol. The minimum absolute atomic E-state index is 0.0832. The van der Waals surface area contributed by atoms with E-state index in [0.717, 1.165) is 55.4 Å². The number of aryl methyl sites for hydroxylation is 1. The normalized spacial score (nSPS) is 18.2. The fourth-order valence-corrected chi connectivity index (χ4v) is 5.21. The number of sulfone groups is 1. The maximum Gasteiger partial charge on any atom is 0.225 e. The number of aromatic nitrogens is 4. The molecule has 12 heteroatoms. The minimum atomic E-state index is -4.15. The summed E-state index contributed by atoms with van der Waals surface area (Å²) in [4.78, 5) is 18.7. The third-order valence-electron chi connectivity index (χ3n) is 5.87. The summed E-state index contributed by atoms with van der Waals surface area (Å²) in [5, 5.41) is 6.31. The molecule has 2 heterocycles. The zero-order valence-corrected chi connectivity index (χ0v) is 20.5. The second-order valence-corrected chi connectivity index (χ2v) is 10.7. The van der Waals surface area contributed by atoms with Crippen LogP contribution in [0.2, 0.25) is 0 Å². The fourth-order valence-electron chi connectivity index (χ4n) is 4.04. The average molecular weight is 504 g/mol. The van der Waals surface area contributed by atoms with E-state index < -0.39 is 21.5 Å². The number of nitrogens with one attached hydrogen (secondary N) is 2. The summed E-state index contributed by atoms with van der Waals surface area (Å²) in [5.74, 6) is -0.593. The monoisotopic (exact) mass is 503 g/mol. The van der Waals surface area contributed by atoms with Crippen LogP contribution in [0.4, 0.5) is 26.4 Å². The first kappa shape index (κ1) is 24.7. The quantitative estimate of drug-likeness (QED) is 0.467. The number of hydrogen-bond acceptors (Lipinski definition) is 9. The highest BCUT2D eigenvalue weighted by molar-refractivity contribution is 7.91. The molecule has 2 N–H and O–H groups in total. The van der Waals surface area contributed by atoms with Crippen molar-refractivity contribution in [3.63, 3.8) is 0 Å². The molecule has 0 saturated heterocycles. The van der Waals surface area contributed by atoms with Crippen molar-refractivity contribution in [2.75, 3.05) is 29.6 Å². The lowest BCUT2D eigenvalue weighted by Gasteiger charge is -2.30. The van der Waals surface area contributed by atoms with Crippen molar-refractivity contribution in [2.45, 2.75) is 54.6 Å². The molecule has 1 aliphatic rings. The molecular weight excluding hydrogens is 476 g/mol. The largest absolute Gasteiger partial charge is 0.366 e. The highest BCUT2D eigenvalue weighted by Crippen LogP contribution is 2.26. The molecule has 0 amide bonds. The summed E-state index contributed by atoms with van der Waals surface area (Å²) in [6.45, 7) is 1.97. The van der Waals surface area contributed by atoms with E-state index in [-0.39, 0.29) is 22.0 Å². The molecular formula is C23H27F2N7O2S. The van der Waals surface area contributed by atoms with Gasteiger partial charge in [-0.05, 0) is 50.8 Å². The van der Waals surface area contributed by atoms with Gasteiger partial charge in [-0.25, -0.2) is 27.2 Å². The van der Waals surface area contributed by atoms with Gasteiger partial charge in [0, 0.05) is 37.9 Å². The molecule has 0 spiro atoms. The summed E-state index contributed by atoms with van der Waals surface area (Å²) < 4.78 is 52.4. The van der Waals surface area contributed by atoms with Gasteiger partial charge in [0.05, 0.1) is 17.3 Å².